The summed E-state index contributed by atoms with van der Waals surface area (Å²) in [6, 6.07) is -0.623. The van der Waals surface area contributed by atoms with Crippen LogP contribution in [-0.4, -0.2) is 47.4 Å². The molecule has 4 nitrogen and oxygen atoms in total. The Morgan fingerprint density at radius 1 is 1.42 bits per heavy atom. The predicted octanol–water partition coefficient (Wildman–Crippen LogP) is 1.67. The van der Waals surface area contributed by atoms with Gasteiger partial charge in [-0.3, -0.25) is 9.59 Å². The summed E-state index contributed by atoms with van der Waals surface area (Å²) < 4.78 is 37.3. The van der Waals surface area contributed by atoms with E-state index in [9.17, 15) is 22.8 Å². The van der Waals surface area contributed by atoms with Crippen molar-refractivity contribution in [3.63, 3.8) is 0 Å². The molecule has 2 amide bonds. The zero-order chi connectivity index (χ0) is 14.6. The van der Waals surface area contributed by atoms with Gasteiger partial charge in [0.05, 0.1) is 0 Å². The lowest BCUT2D eigenvalue weighted by Gasteiger charge is -2.36. The van der Waals surface area contributed by atoms with Crippen molar-refractivity contribution in [1.29, 1.82) is 0 Å². The molecule has 2 unspecified atom stereocenters. The number of halogens is 4. The number of rotatable bonds is 3. The fourth-order valence-electron chi connectivity index (χ4n) is 2.00. The average molecular weight is 301 g/mol. The molecule has 0 aliphatic carbocycles. The van der Waals surface area contributed by atoms with Crippen LogP contribution in [0.25, 0.3) is 0 Å². The number of carbonyl (C=O) groups is 2. The van der Waals surface area contributed by atoms with E-state index >= 15 is 0 Å². The van der Waals surface area contributed by atoms with Crippen LogP contribution in [0.4, 0.5) is 13.2 Å². The second-order valence-electron chi connectivity index (χ2n) is 4.51. The number of carbonyl (C=O) groups excluding carboxylic acids is 2. The summed E-state index contributed by atoms with van der Waals surface area (Å²) in [5.41, 5.74) is 0. The maximum Gasteiger partial charge on any atom is 0.471 e. The van der Waals surface area contributed by atoms with E-state index in [4.69, 9.17) is 11.6 Å². The van der Waals surface area contributed by atoms with E-state index in [0.717, 1.165) is 11.3 Å². The van der Waals surface area contributed by atoms with E-state index in [1.807, 2.05) is 0 Å². The summed E-state index contributed by atoms with van der Waals surface area (Å²) in [5.74, 6) is -2.29. The summed E-state index contributed by atoms with van der Waals surface area (Å²) in [6.07, 6.45) is -3.16. The van der Waals surface area contributed by atoms with Gasteiger partial charge < -0.3 is 10.2 Å². The summed E-state index contributed by atoms with van der Waals surface area (Å²) >= 11 is 5.54. The Kier molecular flexibility index (Phi) is 5.46. The first-order chi connectivity index (χ1) is 8.73. The van der Waals surface area contributed by atoms with Gasteiger partial charge in [-0.25, -0.2) is 0 Å². The van der Waals surface area contributed by atoms with Crippen molar-refractivity contribution in [1.82, 2.24) is 10.2 Å². The van der Waals surface area contributed by atoms with Gasteiger partial charge in [0.2, 0.25) is 5.91 Å². The molecule has 19 heavy (non-hydrogen) atoms. The van der Waals surface area contributed by atoms with Crippen molar-refractivity contribution in [2.45, 2.75) is 43.8 Å². The maximum atomic E-state index is 12.4. The molecule has 1 rings (SSSR count). The molecular formula is C11H16ClF3N2O2. The lowest BCUT2D eigenvalue weighted by atomic mass is 10.0. The normalized spacial score (nSPS) is 21.9. The lowest BCUT2D eigenvalue weighted by molar-refractivity contribution is -0.189. The zero-order valence-electron chi connectivity index (χ0n) is 10.5. The molecule has 0 spiro atoms. The second kappa shape index (κ2) is 6.45. The summed E-state index contributed by atoms with van der Waals surface area (Å²) in [6.45, 7) is 1.53. The molecule has 1 aliphatic heterocycles. The fourth-order valence-corrected chi connectivity index (χ4v) is 2.08. The minimum Gasteiger partial charge on any atom is -0.353 e. The van der Waals surface area contributed by atoms with Crippen LogP contribution in [0.2, 0.25) is 0 Å². The molecule has 1 fully saturated rings. The quantitative estimate of drug-likeness (QED) is 0.806. The molecule has 0 aromatic carbocycles. The minimum absolute atomic E-state index is 0.00227. The second-order valence-corrected chi connectivity index (χ2v) is 5.16. The third-order valence-corrected chi connectivity index (χ3v) is 3.20. The van der Waals surface area contributed by atoms with Crippen LogP contribution < -0.4 is 5.32 Å². The molecule has 2 atom stereocenters. The van der Waals surface area contributed by atoms with Crippen molar-refractivity contribution in [2.24, 2.45) is 0 Å². The largest absolute Gasteiger partial charge is 0.471 e. The summed E-state index contributed by atoms with van der Waals surface area (Å²) in [4.78, 5) is 23.4. The number of amides is 2. The van der Waals surface area contributed by atoms with Crippen LogP contribution in [0.3, 0.4) is 0 Å². The zero-order valence-corrected chi connectivity index (χ0v) is 11.2. The lowest BCUT2D eigenvalue weighted by Crippen LogP contribution is -2.53. The van der Waals surface area contributed by atoms with E-state index in [1.165, 1.54) is 6.92 Å². The first kappa shape index (κ1) is 16.1. The van der Waals surface area contributed by atoms with E-state index in [2.05, 4.69) is 5.32 Å². The first-order valence-corrected chi connectivity index (χ1v) is 6.46. The molecule has 1 heterocycles. The van der Waals surface area contributed by atoms with Crippen molar-refractivity contribution >= 4 is 23.4 Å². The van der Waals surface area contributed by atoms with Crippen LogP contribution in [0.1, 0.15) is 26.2 Å². The Labute approximate surface area is 114 Å². The van der Waals surface area contributed by atoms with Gasteiger partial charge in [-0.2, -0.15) is 13.2 Å². The van der Waals surface area contributed by atoms with Gasteiger partial charge in [-0.05, 0) is 26.2 Å². The molecule has 110 valence electrons. The van der Waals surface area contributed by atoms with Crippen LogP contribution in [0.15, 0.2) is 0 Å². The smallest absolute Gasteiger partial charge is 0.353 e. The number of likely N-dealkylation sites (tertiary alicyclic amines) is 1. The number of hydrogen-bond donors (Lipinski definition) is 1. The van der Waals surface area contributed by atoms with Gasteiger partial charge in [0.25, 0.3) is 0 Å². The molecule has 0 saturated carbocycles. The average Bonchev–Trinajstić information content (AvgIpc) is 2.34. The molecule has 0 aromatic heterocycles. The Balaban J connectivity index is 2.63. The van der Waals surface area contributed by atoms with Crippen LogP contribution in [0, 0.1) is 0 Å². The molecule has 0 bridgehead atoms. The Morgan fingerprint density at radius 3 is 2.58 bits per heavy atom. The molecule has 1 aliphatic rings. The third kappa shape index (κ3) is 4.56. The molecule has 1 saturated heterocycles. The van der Waals surface area contributed by atoms with Crippen molar-refractivity contribution in [3.05, 3.63) is 0 Å². The number of hydrogen-bond acceptors (Lipinski definition) is 2. The van der Waals surface area contributed by atoms with E-state index in [1.54, 1.807) is 0 Å². The standard InChI is InChI=1S/C11H16ClF3N2O2/c1-7(12)9(18)16-6-8-4-2-3-5-17(8)10(19)11(13,14)15/h7-8H,2-6H2,1H3,(H,16,18). The Hall–Kier alpha value is -0.980. The van der Waals surface area contributed by atoms with Gasteiger partial charge in [0.1, 0.15) is 5.38 Å². The predicted molar refractivity (Wildman–Crippen MR) is 63.7 cm³/mol. The van der Waals surface area contributed by atoms with Crippen molar-refractivity contribution < 1.29 is 22.8 Å². The summed E-state index contributed by atoms with van der Waals surface area (Å²) in [5, 5.41) is 1.70. The molecule has 8 heteroatoms. The number of nitrogens with one attached hydrogen (secondary N) is 1. The van der Waals surface area contributed by atoms with Gasteiger partial charge in [0.15, 0.2) is 0 Å². The van der Waals surface area contributed by atoms with Crippen molar-refractivity contribution in [2.75, 3.05) is 13.1 Å². The monoisotopic (exact) mass is 300 g/mol. The van der Waals surface area contributed by atoms with Crippen LogP contribution >= 0.6 is 11.6 Å². The van der Waals surface area contributed by atoms with Gasteiger partial charge >= 0.3 is 12.1 Å². The molecule has 1 N–H and O–H groups in total. The molecule has 0 radical (unpaired) electrons. The number of nitrogens with zero attached hydrogens (tertiary/aromatic N) is 1. The highest BCUT2D eigenvalue weighted by Crippen LogP contribution is 2.24. The van der Waals surface area contributed by atoms with Gasteiger partial charge in [-0.1, -0.05) is 0 Å². The van der Waals surface area contributed by atoms with Gasteiger partial charge in [0, 0.05) is 19.1 Å². The highest BCUT2D eigenvalue weighted by Gasteiger charge is 2.45. The molecule has 0 aromatic rings. The fraction of sp³-hybridized carbons (Fsp3) is 0.818. The molecular weight excluding hydrogens is 285 g/mol. The third-order valence-electron chi connectivity index (χ3n) is 3.00. The Morgan fingerprint density at radius 2 is 2.05 bits per heavy atom. The van der Waals surface area contributed by atoms with Crippen LogP contribution in [0.5, 0.6) is 0 Å². The van der Waals surface area contributed by atoms with E-state index < -0.39 is 29.4 Å². The van der Waals surface area contributed by atoms with Gasteiger partial charge in [-0.15, -0.1) is 11.6 Å². The minimum atomic E-state index is -4.88. The Bertz CT molecular complexity index is 347. The van der Waals surface area contributed by atoms with E-state index in [0.29, 0.717) is 12.8 Å². The highest BCUT2D eigenvalue weighted by atomic mass is 35.5. The van der Waals surface area contributed by atoms with E-state index in [-0.39, 0.29) is 13.1 Å². The maximum absolute atomic E-state index is 12.4. The highest BCUT2D eigenvalue weighted by molar-refractivity contribution is 6.30. The SMILES string of the molecule is CC(Cl)C(=O)NCC1CCCCN1C(=O)C(F)(F)F. The topological polar surface area (TPSA) is 49.4 Å². The first-order valence-electron chi connectivity index (χ1n) is 6.03. The van der Waals surface area contributed by atoms with Crippen LogP contribution in [-0.2, 0) is 9.59 Å². The number of piperidine rings is 1. The van der Waals surface area contributed by atoms with Crippen molar-refractivity contribution in [3.8, 4) is 0 Å². The summed E-state index contributed by atoms with van der Waals surface area (Å²) in [7, 11) is 0. The number of alkyl halides is 4.